The van der Waals surface area contributed by atoms with Gasteiger partial charge in [0.15, 0.2) is 5.03 Å². The Labute approximate surface area is 115 Å². The molecule has 0 saturated carbocycles. The third-order valence-electron chi connectivity index (χ3n) is 3.70. The molecular formula is C12H18BNO4S. The van der Waals surface area contributed by atoms with Crippen molar-refractivity contribution < 1.29 is 18.6 Å². The standard InChI is InChI=1S/C12H18BNO4S/c1-11(2)12(3,4)18-13(17-11)8-6-7-14-10(9(8)15)19(5)16/h6-7,15H,1-5H3. The van der Waals surface area contributed by atoms with Gasteiger partial charge >= 0.3 is 7.12 Å². The highest BCUT2D eigenvalue weighted by Crippen LogP contribution is 2.37. The van der Waals surface area contributed by atoms with Crippen molar-refractivity contribution in [2.75, 3.05) is 6.26 Å². The summed E-state index contributed by atoms with van der Waals surface area (Å²) < 4.78 is 23.2. The second-order valence-corrected chi connectivity index (χ2v) is 6.89. The molecule has 1 aliphatic heterocycles. The average molecular weight is 283 g/mol. The van der Waals surface area contributed by atoms with Gasteiger partial charge in [-0.2, -0.15) is 0 Å². The van der Waals surface area contributed by atoms with Crippen molar-refractivity contribution in [3.63, 3.8) is 0 Å². The van der Waals surface area contributed by atoms with E-state index in [-0.39, 0.29) is 10.8 Å². The molecule has 1 N–H and O–H groups in total. The number of hydrogen-bond donors (Lipinski definition) is 1. The Balaban J connectivity index is 2.40. The minimum atomic E-state index is -1.36. The van der Waals surface area contributed by atoms with Crippen LogP contribution in [0.25, 0.3) is 0 Å². The Morgan fingerprint density at radius 2 is 1.79 bits per heavy atom. The molecule has 1 saturated heterocycles. The van der Waals surface area contributed by atoms with Gasteiger partial charge in [-0.15, -0.1) is 0 Å². The maximum atomic E-state index is 11.5. The summed E-state index contributed by atoms with van der Waals surface area (Å²) in [6.45, 7) is 7.74. The minimum Gasteiger partial charge on any atom is -0.505 e. The lowest BCUT2D eigenvalue weighted by atomic mass is 9.79. The van der Waals surface area contributed by atoms with Gasteiger partial charge in [-0.25, -0.2) is 4.98 Å². The van der Waals surface area contributed by atoms with Crippen LogP contribution < -0.4 is 5.46 Å². The predicted octanol–water partition coefficient (Wildman–Crippen LogP) is 0.824. The van der Waals surface area contributed by atoms with Crippen molar-refractivity contribution in [1.29, 1.82) is 0 Å². The van der Waals surface area contributed by atoms with E-state index in [4.69, 9.17) is 9.31 Å². The van der Waals surface area contributed by atoms with Crippen molar-refractivity contribution in [2.24, 2.45) is 0 Å². The number of pyridine rings is 1. The van der Waals surface area contributed by atoms with Crippen LogP contribution in [0.2, 0.25) is 0 Å². The van der Waals surface area contributed by atoms with Gasteiger partial charge in [-0.3, -0.25) is 4.21 Å². The van der Waals surface area contributed by atoms with Crippen LogP contribution in [0.3, 0.4) is 0 Å². The number of nitrogens with zero attached hydrogens (tertiary/aromatic N) is 1. The molecule has 0 amide bonds. The van der Waals surface area contributed by atoms with Crippen LogP contribution >= 0.6 is 0 Å². The van der Waals surface area contributed by atoms with E-state index in [1.165, 1.54) is 12.5 Å². The zero-order chi connectivity index (χ0) is 14.4. The molecule has 2 rings (SSSR count). The molecule has 0 aliphatic carbocycles. The van der Waals surface area contributed by atoms with Crippen LogP contribution in [0.1, 0.15) is 27.7 Å². The highest BCUT2D eigenvalue weighted by atomic mass is 32.2. The topological polar surface area (TPSA) is 68.7 Å². The fourth-order valence-electron chi connectivity index (χ4n) is 1.82. The van der Waals surface area contributed by atoms with E-state index in [9.17, 15) is 9.32 Å². The Kier molecular flexibility index (Phi) is 3.49. The number of hydrogen-bond acceptors (Lipinski definition) is 5. The molecule has 1 unspecified atom stereocenters. The fraction of sp³-hybridized carbons (Fsp3) is 0.583. The van der Waals surface area contributed by atoms with Gasteiger partial charge < -0.3 is 14.4 Å². The van der Waals surface area contributed by atoms with E-state index in [1.807, 2.05) is 27.7 Å². The smallest absolute Gasteiger partial charge is 0.498 e. The summed E-state index contributed by atoms with van der Waals surface area (Å²) in [6.07, 6.45) is 2.97. The molecule has 19 heavy (non-hydrogen) atoms. The summed E-state index contributed by atoms with van der Waals surface area (Å²) >= 11 is 0. The monoisotopic (exact) mass is 283 g/mol. The van der Waals surface area contributed by atoms with Crippen LogP contribution in [0.5, 0.6) is 5.75 Å². The zero-order valence-electron chi connectivity index (χ0n) is 11.8. The fourth-order valence-corrected chi connectivity index (χ4v) is 2.42. The third kappa shape index (κ3) is 2.42. The summed E-state index contributed by atoms with van der Waals surface area (Å²) in [6, 6.07) is 1.62. The first-order valence-corrected chi connectivity index (χ1v) is 7.58. The number of aromatic nitrogens is 1. The normalized spacial score (nSPS) is 22.5. The van der Waals surface area contributed by atoms with Gasteiger partial charge in [0, 0.05) is 17.9 Å². The highest BCUT2D eigenvalue weighted by Gasteiger charge is 2.52. The molecule has 1 fully saturated rings. The van der Waals surface area contributed by atoms with Crippen LogP contribution in [-0.2, 0) is 20.1 Å². The molecular weight excluding hydrogens is 265 g/mol. The summed E-state index contributed by atoms with van der Waals surface area (Å²) in [5.41, 5.74) is -0.517. The molecule has 0 radical (unpaired) electrons. The molecule has 2 heterocycles. The first-order chi connectivity index (χ1) is 8.66. The molecule has 0 aromatic carbocycles. The van der Waals surface area contributed by atoms with Gasteiger partial charge in [0.25, 0.3) is 0 Å². The summed E-state index contributed by atoms with van der Waals surface area (Å²) in [5, 5.41) is 10.3. The first-order valence-electron chi connectivity index (χ1n) is 6.02. The van der Waals surface area contributed by atoms with E-state index < -0.39 is 29.1 Å². The van der Waals surface area contributed by atoms with Crippen LogP contribution in [0.4, 0.5) is 0 Å². The van der Waals surface area contributed by atoms with Gasteiger partial charge in [-0.1, -0.05) is 0 Å². The number of aromatic hydroxyl groups is 1. The number of rotatable bonds is 2. The second kappa shape index (κ2) is 4.57. The van der Waals surface area contributed by atoms with Gasteiger partial charge in [0.1, 0.15) is 5.75 Å². The van der Waals surface area contributed by atoms with Crippen molar-refractivity contribution in [3.8, 4) is 5.75 Å². The molecule has 0 spiro atoms. The summed E-state index contributed by atoms with van der Waals surface area (Å²) in [5.74, 6) is -0.123. The van der Waals surface area contributed by atoms with Gasteiger partial charge in [-0.05, 0) is 33.8 Å². The third-order valence-corrected chi connectivity index (χ3v) is 4.54. The summed E-state index contributed by atoms with van der Waals surface area (Å²) in [7, 11) is -2.05. The molecule has 0 bridgehead atoms. The lowest BCUT2D eigenvalue weighted by molar-refractivity contribution is 0.00578. The summed E-state index contributed by atoms with van der Waals surface area (Å²) in [4.78, 5) is 3.92. The molecule has 5 nitrogen and oxygen atoms in total. The lowest BCUT2D eigenvalue weighted by Gasteiger charge is -2.32. The van der Waals surface area contributed by atoms with Crippen molar-refractivity contribution in [1.82, 2.24) is 4.98 Å². The SMILES string of the molecule is CS(=O)c1nccc(B2OC(C)(C)C(C)(C)O2)c1O. The average Bonchev–Trinajstić information content (AvgIpc) is 2.47. The van der Waals surface area contributed by atoms with E-state index in [1.54, 1.807) is 6.07 Å². The van der Waals surface area contributed by atoms with Crippen molar-refractivity contribution >= 4 is 23.4 Å². The molecule has 1 aromatic heterocycles. The highest BCUT2D eigenvalue weighted by molar-refractivity contribution is 7.84. The van der Waals surface area contributed by atoms with E-state index in [0.717, 1.165) is 0 Å². The second-order valence-electron chi connectivity index (χ2n) is 5.60. The molecule has 1 aromatic rings. The Morgan fingerprint density at radius 1 is 1.26 bits per heavy atom. The van der Waals surface area contributed by atoms with Gasteiger partial charge in [0.2, 0.25) is 0 Å². The lowest BCUT2D eigenvalue weighted by Crippen LogP contribution is -2.41. The molecule has 104 valence electrons. The van der Waals surface area contributed by atoms with E-state index in [0.29, 0.717) is 5.46 Å². The van der Waals surface area contributed by atoms with Crippen LogP contribution in [-0.4, -0.2) is 38.9 Å². The maximum absolute atomic E-state index is 11.5. The molecule has 1 aliphatic rings. The molecule has 1 atom stereocenters. The van der Waals surface area contributed by atoms with Crippen LogP contribution in [0, 0.1) is 0 Å². The maximum Gasteiger partial charge on any atom is 0.498 e. The van der Waals surface area contributed by atoms with Crippen molar-refractivity contribution in [3.05, 3.63) is 12.3 Å². The zero-order valence-corrected chi connectivity index (χ0v) is 12.6. The molecule has 7 heteroatoms. The van der Waals surface area contributed by atoms with Crippen LogP contribution in [0.15, 0.2) is 17.3 Å². The Bertz CT molecular complexity index is 516. The Hall–Kier alpha value is -0.915. The van der Waals surface area contributed by atoms with Gasteiger partial charge in [0.05, 0.1) is 22.0 Å². The van der Waals surface area contributed by atoms with E-state index in [2.05, 4.69) is 4.98 Å². The minimum absolute atomic E-state index is 0.123. The van der Waals surface area contributed by atoms with E-state index >= 15 is 0 Å². The Morgan fingerprint density at radius 3 is 2.26 bits per heavy atom. The van der Waals surface area contributed by atoms with Crippen molar-refractivity contribution in [2.45, 2.75) is 43.9 Å². The predicted molar refractivity (Wildman–Crippen MR) is 74.0 cm³/mol. The first kappa shape index (κ1) is 14.5. The largest absolute Gasteiger partial charge is 0.505 e. The quantitative estimate of drug-likeness (QED) is 0.814.